The number of piperazine rings is 1. The van der Waals surface area contributed by atoms with Gasteiger partial charge in [-0.1, -0.05) is 24.8 Å². The normalized spacial score (nSPS) is 17.2. The summed E-state index contributed by atoms with van der Waals surface area (Å²) in [5.41, 5.74) is -2.12. The van der Waals surface area contributed by atoms with Crippen LogP contribution in [0.5, 0.6) is 5.75 Å². The minimum Gasteiger partial charge on any atom is -0.507 e. The number of aryl methyl sites for hydroxylation is 1. The number of amides is 1. The molecule has 1 aliphatic rings. The number of phenols is 1. The monoisotopic (exact) mass is 627 g/mol. The smallest absolute Gasteiger partial charge is 0.355 e. The summed E-state index contributed by atoms with van der Waals surface area (Å²) in [7, 11) is -3.92. The Morgan fingerprint density at radius 2 is 1.73 bits per heavy atom. The molecule has 2 atom stereocenters. The molecule has 0 saturated carbocycles. The van der Waals surface area contributed by atoms with Crippen LogP contribution in [0.15, 0.2) is 64.6 Å². The fraction of sp³-hybridized carbons (Fsp3) is 0.267. The predicted octanol–water partition coefficient (Wildman–Crippen LogP) is 4.05. The molecule has 230 valence electrons. The lowest BCUT2D eigenvalue weighted by atomic mass is 10.1. The molecule has 0 radical (unpaired) electrons. The van der Waals surface area contributed by atoms with Gasteiger partial charge in [0.25, 0.3) is 5.91 Å². The second-order valence-electron chi connectivity index (χ2n) is 10.8. The van der Waals surface area contributed by atoms with Crippen molar-refractivity contribution in [3.8, 4) is 22.7 Å². The standard InChI is InChI=1S/C30H28F3N5O5S/c1-15-8-6-11-23(44(5,42)43)26(15)38-28-19(12-21(33)25(34-28)24-20(32)9-7-10-22(24)39)27(35-30(38)41)36-13-17(3)37(14-16(36)2)29(40)18(4)31/h6-12,16-17,39H,4,13-14H2,1-3,5H3/t16-,17+/m0/s1. The van der Waals surface area contributed by atoms with E-state index in [0.717, 1.165) is 29.0 Å². The number of phenolic OH excluding ortho intramolecular Hbond substituents is 1. The van der Waals surface area contributed by atoms with E-state index in [-0.39, 0.29) is 40.5 Å². The molecule has 4 aromatic rings. The minimum absolute atomic E-state index is 0.0162. The lowest BCUT2D eigenvalue weighted by Gasteiger charge is -2.44. The first-order valence-corrected chi connectivity index (χ1v) is 15.3. The van der Waals surface area contributed by atoms with Crippen LogP contribution in [0.2, 0.25) is 0 Å². The third-order valence-electron chi connectivity index (χ3n) is 7.60. The quantitative estimate of drug-likeness (QED) is 0.329. The molecule has 14 heteroatoms. The Hall–Kier alpha value is -4.72. The van der Waals surface area contributed by atoms with E-state index in [9.17, 15) is 31.9 Å². The number of aromatic hydroxyl groups is 1. The third-order valence-corrected chi connectivity index (χ3v) is 8.73. The van der Waals surface area contributed by atoms with E-state index in [2.05, 4.69) is 16.5 Å². The van der Waals surface area contributed by atoms with Gasteiger partial charge in [0, 0.05) is 31.4 Å². The van der Waals surface area contributed by atoms with E-state index in [4.69, 9.17) is 0 Å². The van der Waals surface area contributed by atoms with E-state index in [0.29, 0.717) is 5.56 Å². The number of aromatic nitrogens is 3. The van der Waals surface area contributed by atoms with Gasteiger partial charge in [-0.25, -0.2) is 35.9 Å². The highest BCUT2D eigenvalue weighted by atomic mass is 32.2. The fourth-order valence-corrected chi connectivity index (χ4v) is 6.46. The zero-order chi connectivity index (χ0) is 32.2. The molecule has 0 unspecified atom stereocenters. The highest BCUT2D eigenvalue weighted by molar-refractivity contribution is 7.90. The van der Waals surface area contributed by atoms with Gasteiger partial charge < -0.3 is 14.9 Å². The Bertz CT molecular complexity index is 2010. The molecule has 3 heterocycles. The number of carbonyl (C=O) groups is 1. The van der Waals surface area contributed by atoms with Crippen molar-refractivity contribution < 1.29 is 31.5 Å². The van der Waals surface area contributed by atoms with Gasteiger partial charge in [-0.05, 0) is 50.6 Å². The highest BCUT2D eigenvalue weighted by Gasteiger charge is 2.36. The number of fused-ring (bicyclic) bond motifs is 1. The van der Waals surface area contributed by atoms with Crippen molar-refractivity contribution in [1.82, 2.24) is 19.4 Å². The van der Waals surface area contributed by atoms with Crippen molar-refractivity contribution in [2.75, 3.05) is 24.2 Å². The summed E-state index contributed by atoms with van der Waals surface area (Å²) in [5.74, 6) is -4.68. The van der Waals surface area contributed by atoms with Gasteiger partial charge in [0.1, 0.15) is 23.1 Å². The lowest BCUT2D eigenvalue weighted by molar-refractivity contribution is -0.131. The maximum absolute atomic E-state index is 15.9. The van der Waals surface area contributed by atoms with Gasteiger partial charge in [-0.3, -0.25) is 4.79 Å². The van der Waals surface area contributed by atoms with Gasteiger partial charge in [-0.2, -0.15) is 4.98 Å². The molecule has 10 nitrogen and oxygen atoms in total. The first-order valence-electron chi connectivity index (χ1n) is 13.4. The zero-order valence-corrected chi connectivity index (χ0v) is 25.0. The van der Waals surface area contributed by atoms with Crippen LogP contribution in [-0.2, 0) is 14.6 Å². The Kier molecular flexibility index (Phi) is 7.74. The molecule has 1 aliphatic heterocycles. The molecule has 0 spiro atoms. The zero-order valence-electron chi connectivity index (χ0n) is 24.2. The Morgan fingerprint density at radius 1 is 1.05 bits per heavy atom. The topological polar surface area (TPSA) is 126 Å². The van der Waals surface area contributed by atoms with E-state index in [1.54, 1.807) is 31.7 Å². The van der Waals surface area contributed by atoms with Crippen LogP contribution in [-0.4, -0.2) is 70.3 Å². The van der Waals surface area contributed by atoms with Crippen LogP contribution in [0.4, 0.5) is 19.0 Å². The number of para-hydroxylation sites is 1. The first kappa shape index (κ1) is 30.7. The summed E-state index contributed by atoms with van der Waals surface area (Å²) in [5, 5.41) is 10.4. The summed E-state index contributed by atoms with van der Waals surface area (Å²) in [6, 6.07) is 7.60. The molecule has 0 aliphatic carbocycles. The number of benzene rings is 2. The largest absolute Gasteiger partial charge is 0.507 e. The molecule has 1 fully saturated rings. The number of carbonyl (C=O) groups excluding carboxylic acids is 1. The number of halogens is 3. The lowest BCUT2D eigenvalue weighted by Crippen LogP contribution is -2.58. The summed E-state index contributed by atoms with van der Waals surface area (Å²) < 4.78 is 71.0. The summed E-state index contributed by atoms with van der Waals surface area (Å²) in [6.45, 7) is 8.08. The highest BCUT2D eigenvalue weighted by Crippen LogP contribution is 2.37. The van der Waals surface area contributed by atoms with Crippen molar-refractivity contribution >= 4 is 32.6 Å². The van der Waals surface area contributed by atoms with Crippen molar-refractivity contribution in [3.63, 3.8) is 0 Å². The van der Waals surface area contributed by atoms with Gasteiger partial charge in [-0.15, -0.1) is 0 Å². The van der Waals surface area contributed by atoms with Crippen LogP contribution in [0.3, 0.4) is 0 Å². The van der Waals surface area contributed by atoms with E-state index >= 15 is 4.39 Å². The number of anilines is 1. The Balaban J connectivity index is 1.85. The van der Waals surface area contributed by atoms with Gasteiger partial charge in [0.2, 0.25) is 0 Å². The number of nitrogens with zero attached hydrogens (tertiary/aromatic N) is 5. The van der Waals surface area contributed by atoms with Gasteiger partial charge >= 0.3 is 5.69 Å². The van der Waals surface area contributed by atoms with E-state index in [1.165, 1.54) is 23.1 Å². The van der Waals surface area contributed by atoms with Crippen LogP contribution in [0.1, 0.15) is 19.4 Å². The van der Waals surface area contributed by atoms with Crippen LogP contribution in [0.25, 0.3) is 28.0 Å². The maximum atomic E-state index is 15.9. The molecule has 2 aromatic carbocycles. The maximum Gasteiger partial charge on any atom is 0.355 e. The molecule has 0 bridgehead atoms. The number of hydrogen-bond acceptors (Lipinski definition) is 8. The molecule has 1 N–H and O–H groups in total. The van der Waals surface area contributed by atoms with Crippen molar-refractivity contribution in [3.05, 3.63) is 82.6 Å². The molecule has 2 aromatic heterocycles. The second kappa shape index (κ2) is 11.1. The Labute approximate surface area is 250 Å². The molecule has 1 amide bonds. The Morgan fingerprint density at radius 3 is 2.36 bits per heavy atom. The van der Waals surface area contributed by atoms with Crippen LogP contribution < -0.4 is 10.6 Å². The summed E-state index contributed by atoms with van der Waals surface area (Å²) in [6.07, 6.45) is 0.964. The SMILES string of the molecule is C=C(F)C(=O)N1C[C@H](C)N(c2nc(=O)n(-c3c(C)cccc3S(C)(=O)=O)c3nc(-c4c(O)cccc4F)c(F)cc23)C[C@H]1C. The average molecular weight is 628 g/mol. The number of pyridine rings is 1. The van der Waals surface area contributed by atoms with Gasteiger partial charge in [0.05, 0.1) is 21.5 Å². The summed E-state index contributed by atoms with van der Waals surface area (Å²) >= 11 is 0. The molecular formula is C30H28F3N5O5S. The second-order valence-corrected chi connectivity index (χ2v) is 12.8. The number of sulfone groups is 1. The molecule has 5 rings (SSSR count). The first-order chi connectivity index (χ1) is 20.6. The summed E-state index contributed by atoms with van der Waals surface area (Å²) in [4.78, 5) is 37.6. The molecular weight excluding hydrogens is 599 g/mol. The number of rotatable bonds is 5. The number of hydrogen-bond donors (Lipinski definition) is 1. The minimum atomic E-state index is -3.92. The third kappa shape index (κ3) is 5.19. The van der Waals surface area contributed by atoms with Crippen molar-refractivity contribution in [1.29, 1.82) is 0 Å². The predicted molar refractivity (Wildman–Crippen MR) is 158 cm³/mol. The van der Waals surface area contributed by atoms with Crippen LogP contribution >= 0.6 is 0 Å². The average Bonchev–Trinajstić information content (AvgIpc) is 2.93. The van der Waals surface area contributed by atoms with Crippen molar-refractivity contribution in [2.24, 2.45) is 0 Å². The van der Waals surface area contributed by atoms with Gasteiger partial charge in [0.15, 0.2) is 27.1 Å². The van der Waals surface area contributed by atoms with Crippen molar-refractivity contribution in [2.45, 2.75) is 37.8 Å². The molecule has 44 heavy (non-hydrogen) atoms. The van der Waals surface area contributed by atoms with E-state index in [1.807, 2.05) is 0 Å². The van der Waals surface area contributed by atoms with E-state index < -0.39 is 68.0 Å². The molecule has 1 saturated heterocycles. The van der Waals surface area contributed by atoms with Crippen LogP contribution in [0, 0.1) is 18.6 Å². The fourth-order valence-electron chi connectivity index (χ4n) is 5.53.